The number of carbonyl (C=O) groups excluding carboxylic acids is 1. The first-order chi connectivity index (χ1) is 18.1. The third-order valence-electron chi connectivity index (χ3n) is 5.81. The molecule has 11 nitrogen and oxygen atoms in total. The van der Waals surface area contributed by atoms with Crippen LogP contribution in [0, 0.1) is 10.1 Å². The summed E-state index contributed by atoms with van der Waals surface area (Å²) >= 11 is 4.17. The number of allylic oxidation sites excluding steroid dienone is 1. The molecule has 0 fully saturated rings. The van der Waals surface area contributed by atoms with Gasteiger partial charge in [0.15, 0.2) is 4.80 Å². The van der Waals surface area contributed by atoms with Crippen LogP contribution in [0.2, 0.25) is 0 Å². The number of nitro groups is 1. The predicted molar refractivity (Wildman–Crippen MR) is 142 cm³/mol. The second kappa shape index (κ2) is 10.8. The van der Waals surface area contributed by atoms with Gasteiger partial charge in [-0.3, -0.25) is 19.5 Å². The molecule has 1 aromatic heterocycles. The number of methoxy groups -OCH3 is 2. The van der Waals surface area contributed by atoms with E-state index < -0.39 is 33.9 Å². The maximum atomic E-state index is 13.8. The lowest BCUT2D eigenvalue weighted by atomic mass is 9.94. The summed E-state index contributed by atoms with van der Waals surface area (Å²) in [6, 6.07) is 6.73. The fourth-order valence-corrected chi connectivity index (χ4v) is 5.63. The molecule has 0 saturated heterocycles. The minimum atomic E-state index is -0.946. The molecule has 3 aromatic rings. The average Bonchev–Trinajstić information content (AvgIpc) is 3.18. The zero-order valence-corrected chi connectivity index (χ0v) is 23.1. The molecule has 1 aliphatic heterocycles. The number of nitro benzene ring substituents is 1. The summed E-state index contributed by atoms with van der Waals surface area (Å²) in [6.45, 7) is 3.46. The Bertz CT molecular complexity index is 1670. The molecule has 0 amide bonds. The lowest BCUT2D eigenvalue weighted by Crippen LogP contribution is -2.40. The van der Waals surface area contributed by atoms with Crippen LogP contribution in [-0.2, 0) is 9.53 Å². The Morgan fingerprint density at radius 3 is 2.66 bits per heavy atom. The van der Waals surface area contributed by atoms with Crippen molar-refractivity contribution in [1.29, 1.82) is 0 Å². The van der Waals surface area contributed by atoms with Gasteiger partial charge in [0.2, 0.25) is 5.75 Å². The largest absolute Gasteiger partial charge is 0.501 e. The number of fused-ring (bicyclic) bond motifs is 1. The van der Waals surface area contributed by atoms with Crippen molar-refractivity contribution in [3.63, 3.8) is 0 Å². The smallest absolute Gasteiger partial charge is 0.338 e. The molecule has 0 spiro atoms. The van der Waals surface area contributed by atoms with Crippen LogP contribution in [0.5, 0.6) is 17.2 Å². The number of carbonyl (C=O) groups is 1. The molecule has 0 aliphatic carbocycles. The topological polar surface area (TPSA) is 142 Å². The van der Waals surface area contributed by atoms with Gasteiger partial charge >= 0.3 is 11.7 Å². The van der Waals surface area contributed by atoms with Crippen molar-refractivity contribution in [3.05, 3.63) is 87.0 Å². The van der Waals surface area contributed by atoms with E-state index in [4.69, 9.17) is 14.2 Å². The zero-order chi connectivity index (χ0) is 27.7. The Balaban J connectivity index is 2.02. The summed E-state index contributed by atoms with van der Waals surface area (Å²) in [5.74, 6) is -0.244. The summed E-state index contributed by atoms with van der Waals surface area (Å²) < 4.78 is 17.9. The third kappa shape index (κ3) is 4.82. The number of ether oxygens (including phenoxy) is 3. The van der Waals surface area contributed by atoms with Crippen molar-refractivity contribution in [2.45, 2.75) is 19.9 Å². The number of hydrogen-bond donors (Lipinski definition) is 1. The van der Waals surface area contributed by atoms with Gasteiger partial charge in [-0.1, -0.05) is 11.3 Å². The van der Waals surface area contributed by atoms with Crippen LogP contribution in [0.25, 0.3) is 6.08 Å². The van der Waals surface area contributed by atoms with E-state index in [-0.39, 0.29) is 21.2 Å². The van der Waals surface area contributed by atoms with Gasteiger partial charge in [0, 0.05) is 11.6 Å². The number of thiazole rings is 1. The van der Waals surface area contributed by atoms with E-state index in [1.165, 1.54) is 30.9 Å². The highest BCUT2D eigenvalue weighted by molar-refractivity contribution is 9.10. The van der Waals surface area contributed by atoms with Gasteiger partial charge in [-0.2, -0.15) is 0 Å². The molecule has 0 bridgehead atoms. The molecular weight excluding hydrogens is 582 g/mol. The Morgan fingerprint density at radius 1 is 1.29 bits per heavy atom. The van der Waals surface area contributed by atoms with Crippen LogP contribution < -0.4 is 24.4 Å². The van der Waals surface area contributed by atoms with Crippen LogP contribution >= 0.6 is 27.3 Å². The summed E-state index contributed by atoms with van der Waals surface area (Å²) in [5.41, 5.74) is 0.334. The number of aromatic nitrogens is 1. The first-order valence-electron chi connectivity index (χ1n) is 11.2. The Morgan fingerprint density at radius 2 is 2.03 bits per heavy atom. The molecule has 198 valence electrons. The number of phenolic OH excluding ortho intramolecular Hbond substituents is 1. The fraction of sp³-hybridized carbons (Fsp3) is 0.240. The quantitative estimate of drug-likeness (QED) is 0.246. The molecule has 2 heterocycles. The number of benzene rings is 2. The number of aromatic hydroxyl groups is 1. The van der Waals surface area contributed by atoms with Crippen LogP contribution in [0.15, 0.2) is 55.9 Å². The van der Waals surface area contributed by atoms with Crippen LogP contribution in [0.4, 0.5) is 5.69 Å². The number of nitrogens with zero attached hydrogens (tertiary/aromatic N) is 3. The molecule has 4 rings (SSSR count). The van der Waals surface area contributed by atoms with Gasteiger partial charge in [-0.25, -0.2) is 9.79 Å². The van der Waals surface area contributed by atoms with Crippen molar-refractivity contribution in [2.75, 3.05) is 20.8 Å². The predicted octanol–water partition coefficient (Wildman–Crippen LogP) is 3.19. The van der Waals surface area contributed by atoms with E-state index in [1.54, 1.807) is 32.0 Å². The normalized spacial score (nSPS) is 15.1. The highest BCUT2D eigenvalue weighted by Crippen LogP contribution is 2.38. The van der Waals surface area contributed by atoms with Crippen molar-refractivity contribution >= 4 is 45.0 Å². The van der Waals surface area contributed by atoms with Gasteiger partial charge in [0.25, 0.3) is 5.56 Å². The maximum absolute atomic E-state index is 13.8. The van der Waals surface area contributed by atoms with Crippen molar-refractivity contribution < 1.29 is 29.0 Å². The molecule has 0 saturated carbocycles. The first-order valence-corrected chi connectivity index (χ1v) is 12.8. The van der Waals surface area contributed by atoms with E-state index in [2.05, 4.69) is 20.9 Å². The SMILES string of the molecule is CCOC(=O)C1=C(C)N=c2s/c(=C\c3cc(Br)c(O)c([N+](=O)[O-])c3)c(=O)n2[C@H]1c1cc(OC)ccc1OC. The molecule has 38 heavy (non-hydrogen) atoms. The van der Waals surface area contributed by atoms with Crippen LogP contribution in [0.3, 0.4) is 0 Å². The molecule has 1 aliphatic rings. The Labute approximate surface area is 228 Å². The van der Waals surface area contributed by atoms with Crippen LogP contribution in [0.1, 0.15) is 31.0 Å². The monoisotopic (exact) mass is 603 g/mol. The first kappa shape index (κ1) is 27.1. The highest BCUT2D eigenvalue weighted by Gasteiger charge is 2.35. The van der Waals surface area contributed by atoms with Crippen molar-refractivity contribution in [3.8, 4) is 17.2 Å². The molecule has 2 aromatic carbocycles. The lowest BCUT2D eigenvalue weighted by molar-refractivity contribution is -0.386. The summed E-state index contributed by atoms with van der Waals surface area (Å²) in [4.78, 5) is 42.4. The van der Waals surface area contributed by atoms with Gasteiger partial charge in [-0.15, -0.1) is 0 Å². The van der Waals surface area contributed by atoms with Gasteiger partial charge in [0.1, 0.15) is 17.5 Å². The highest BCUT2D eigenvalue weighted by atomic mass is 79.9. The molecule has 13 heteroatoms. The summed E-state index contributed by atoms with van der Waals surface area (Å²) in [5, 5.41) is 21.4. The zero-order valence-electron chi connectivity index (χ0n) is 20.7. The van der Waals surface area contributed by atoms with Crippen molar-refractivity contribution in [1.82, 2.24) is 4.57 Å². The number of esters is 1. The number of halogens is 1. The minimum Gasteiger partial charge on any atom is -0.501 e. The van der Waals surface area contributed by atoms with E-state index in [1.807, 2.05) is 0 Å². The number of phenols is 1. The molecule has 0 radical (unpaired) electrons. The second-order valence-electron chi connectivity index (χ2n) is 8.04. The van der Waals surface area contributed by atoms with Crippen LogP contribution in [-0.4, -0.2) is 41.4 Å². The average molecular weight is 604 g/mol. The number of hydrogen-bond acceptors (Lipinski definition) is 10. The van der Waals surface area contributed by atoms with Gasteiger partial charge in [0.05, 0.1) is 46.0 Å². The van der Waals surface area contributed by atoms with E-state index in [9.17, 15) is 24.8 Å². The van der Waals surface area contributed by atoms with E-state index >= 15 is 0 Å². The van der Waals surface area contributed by atoms with Gasteiger partial charge < -0.3 is 19.3 Å². The van der Waals surface area contributed by atoms with E-state index in [0.29, 0.717) is 33.1 Å². The summed E-state index contributed by atoms with van der Waals surface area (Å²) in [7, 11) is 2.98. The van der Waals surface area contributed by atoms with Gasteiger partial charge in [-0.05, 0) is 65.7 Å². The molecule has 1 atom stereocenters. The molecular formula is C25H22BrN3O8S. The second-order valence-corrected chi connectivity index (χ2v) is 9.90. The standard InChI is InChI=1S/C25H22BrN3O8S/c1-5-37-24(32)20-12(2)27-25-28(21(20)15-11-14(35-3)6-7-18(15)36-4)23(31)19(38-25)10-13-8-16(26)22(30)17(9-13)29(33)34/h6-11,21,30H,5H2,1-4H3/b19-10-/t21-/m0/s1. The van der Waals surface area contributed by atoms with E-state index in [0.717, 1.165) is 17.4 Å². The third-order valence-corrected chi connectivity index (χ3v) is 7.40. The lowest BCUT2D eigenvalue weighted by Gasteiger charge is -2.26. The number of rotatable bonds is 7. The Hall–Kier alpha value is -3.97. The minimum absolute atomic E-state index is 0.102. The maximum Gasteiger partial charge on any atom is 0.338 e. The fourth-order valence-electron chi connectivity index (χ4n) is 4.12. The Kier molecular flexibility index (Phi) is 7.69. The molecule has 0 unspecified atom stereocenters. The van der Waals surface area contributed by atoms with Crippen molar-refractivity contribution in [2.24, 2.45) is 4.99 Å². The molecule has 1 N–H and O–H groups in total. The summed E-state index contributed by atoms with van der Waals surface area (Å²) in [6.07, 6.45) is 1.46.